The van der Waals surface area contributed by atoms with Crippen molar-refractivity contribution in [2.24, 2.45) is 5.92 Å². The molecule has 1 aliphatic heterocycles. The molecule has 3 heterocycles. The number of aromatic nitrogens is 3. The molecule has 1 amide bonds. The van der Waals surface area contributed by atoms with E-state index in [9.17, 15) is 4.79 Å². The van der Waals surface area contributed by atoms with Gasteiger partial charge < -0.3 is 14.2 Å². The molecule has 0 bridgehead atoms. The predicted octanol–water partition coefficient (Wildman–Crippen LogP) is 1.41. The zero-order valence-corrected chi connectivity index (χ0v) is 13.4. The summed E-state index contributed by atoms with van der Waals surface area (Å²) in [7, 11) is 0. The van der Waals surface area contributed by atoms with Crippen molar-refractivity contribution >= 4 is 5.91 Å². The first kappa shape index (κ1) is 15.6. The lowest BCUT2D eigenvalue weighted by Crippen LogP contribution is -2.37. The van der Waals surface area contributed by atoms with Crippen LogP contribution < -0.4 is 0 Å². The number of carbonyl (C=O) groups is 1. The average Bonchev–Trinajstić information content (AvgIpc) is 2.75. The molecule has 0 radical (unpaired) electrons. The lowest BCUT2D eigenvalue weighted by Gasteiger charge is -2.23. The van der Waals surface area contributed by atoms with Crippen molar-refractivity contribution in [2.45, 2.75) is 20.3 Å². The molecule has 1 aliphatic rings. The quantitative estimate of drug-likeness (QED) is 0.851. The zero-order chi connectivity index (χ0) is 16.2. The highest BCUT2D eigenvalue weighted by Gasteiger charge is 2.27. The van der Waals surface area contributed by atoms with E-state index < -0.39 is 0 Å². The van der Waals surface area contributed by atoms with Crippen LogP contribution in [0.2, 0.25) is 0 Å². The van der Waals surface area contributed by atoms with Crippen LogP contribution in [0.3, 0.4) is 0 Å². The first-order chi connectivity index (χ1) is 11.1. The fraction of sp³-hybridized carbons (Fsp3) is 0.500. The Bertz CT molecular complexity index is 652. The highest BCUT2D eigenvalue weighted by atomic mass is 16.5. The molecule has 3 rings (SSSR count). The molecule has 1 unspecified atom stereocenters. The van der Waals surface area contributed by atoms with E-state index in [1.54, 1.807) is 26.4 Å². The minimum absolute atomic E-state index is 0.0422. The van der Waals surface area contributed by atoms with Gasteiger partial charge in [-0.15, -0.1) is 0 Å². The fourth-order valence-corrected chi connectivity index (χ4v) is 2.87. The van der Waals surface area contributed by atoms with Gasteiger partial charge in [-0.3, -0.25) is 4.79 Å². The van der Waals surface area contributed by atoms with Crippen molar-refractivity contribution in [3.8, 4) is 0 Å². The highest BCUT2D eigenvalue weighted by molar-refractivity contribution is 5.96. The van der Waals surface area contributed by atoms with Gasteiger partial charge in [0.15, 0.2) is 0 Å². The summed E-state index contributed by atoms with van der Waals surface area (Å²) in [4.78, 5) is 22.8. The van der Waals surface area contributed by atoms with Gasteiger partial charge in [0.2, 0.25) is 0 Å². The predicted molar refractivity (Wildman–Crippen MR) is 81.9 cm³/mol. The number of aryl methyl sites for hydroxylation is 2. The Kier molecular flexibility index (Phi) is 4.66. The third kappa shape index (κ3) is 3.56. The Morgan fingerprint density at radius 1 is 1.43 bits per heavy atom. The number of hydrogen-bond donors (Lipinski definition) is 0. The summed E-state index contributed by atoms with van der Waals surface area (Å²) in [5.74, 6) is 0.723. The molecule has 0 spiro atoms. The van der Waals surface area contributed by atoms with Crippen molar-refractivity contribution in [1.82, 2.24) is 20.0 Å². The van der Waals surface area contributed by atoms with Crippen LogP contribution in [0.1, 0.15) is 27.5 Å². The lowest BCUT2D eigenvalue weighted by atomic mass is 10.0. The molecular weight excluding hydrogens is 296 g/mol. The third-order valence-electron chi connectivity index (χ3n) is 4.01. The van der Waals surface area contributed by atoms with E-state index in [1.807, 2.05) is 11.0 Å². The molecule has 0 aromatic carbocycles. The normalized spacial score (nSPS) is 18.7. The number of hydrogen-bond acceptors (Lipinski definition) is 6. The first-order valence-corrected chi connectivity index (χ1v) is 7.70. The van der Waals surface area contributed by atoms with Gasteiger partial charge >= 0.3 is 0 Å². The molecule has 1 fully saturated rings. The summed E-state index contributed by atoms with van der Waals surface area (Å²) in [6.07, 6.45) is 4.03. The van der Waals surface area contributed by atoms with Crippen LogP contribution in [-0.4, -0.2) is 52.2 Å². The molecule has 1 saturated heterocycles. The van der Waals surface area contributed by atoms with E-state index in [0.717, 1.165) is 12.1 Å². The van der Waals surface area contributed by atoms with Gasteiger partial charge in [0, 0.05) is 30.9 Å². The van der Waals surface area contributed by atoms with Crippen molar-refractivity contribution in [2.75, 3.05) is 26.3 Å². The molecule has 1 atom stereocenters. The summed E-state index contributed by atoms with van der Waals surface area (Å²) < 4.78 is 10.8. The summed E-state index contributed by atoms with van der Waals surface area (Å²) in [5, 5.41) is 3.87. The molecule has 23 heavy (non-hydrogen) atoms. The summed E-state index contributed by atoms with van der Waals surface area (Å²) in [6.45, 7) is 5.91. The van der Waals surface area contributed by atoms with Gasteiger partial charge in [0.05, 0.1) is 18.9 Å². The standard InChI is InChI=1S/C16H20N4O3/c1-11-15(12(2)23-19-11)16(21)20-5-6-22-9-13(8-20)7-14-3-4-17-10-18-14/h3-4,10,13H,5-9H2,1-2H3. The minimum atomic E-state index is -0.0422. The Labute approximate surface area is 134 Å². The molecule has 7 heteroatoms. The summed E-state index contributed by atoms with van der Waals surface area (Å²) >= 11 is 0. The number of rotatable bonds is 3. The van der Waals surface area contributed by atoms with E-state index in [0.29, 0.717) is 43.3 Å². The van der Waals surface area contributed by atoms with Crippen LogP contribution in [0.5, 0.6) is 0 Å². The van der Waals surface area contributed by atoms with Gasteiger partial charge in [0.1, 0.15) is 17.7 Å². The van der Waals surface area contributed by atoms with E-state index in [2.05, 4.69) is 15.1 Å². The van der Waals surface area contributed by atoms with Crippen molar-refractivity contribution in [1.29, 1.82) is 0 Å². The van der Waals surface area contributed by atoms with Crippen LogP contribution in [0.4, 0.5) is 0 Å². The molecule has 122 valence electrons. The second-order valence-corrected chi connectivity index (χ2v) is 5.80. The summed E-state index contributed by atoms with van der Waals surface area (Å²) in [6, 6.07) is 1.89. The molecule has 2 aromatic heterocycles. The molecule has 0 aliphatic carbocycles. The molecule has 7 nitrogen and oxygen atoms in total. The largest absolute Gasteiger partial charge is 0.379 e. The van der Waals surface area contributed by atoms with E-state index in [4.69, 9.17) is 9.26 Å². The molecule has 2 aromatic rings. The highest BCUT2D eigenvalue weighted by Crippen LogP contribution is 2.19. The van der Waals surface area contributed by atoms with Gasteiger partial charge in [-0.05, 0) is 26.3 Å². The van der Waals surface area contributed by atoms with Gasteiger partial charge in [-0.2, -0.15) is 0 Å². The molecule has 0 saturated carbocycles. The lowest BCUT2D eigenvalue weighted by molar-refractivity contribution is 0.0735. The maximum absolute atomic E-state index is 12.8. The van der Waals surface area contributed by atoms with Crippen LogP contribution in [0.25, 0.3) is 0 Å². The van der Waals surface area contributed by atoms with Crippen molar-refractivity contribution in [3.05, 3.63) is 41.3 Å². The maximum Gasteiger partial charge on any atom is 0.259 e. The van der Waals surface area contributed by atoms with Crippen LogP contribution in [0, 0.1) is 19.8 Å². The topological polar surface area (TPSA) is 81.4 Å². The monoisotopic (exact) mass is 316 g/mol. The van der Waals surface area contributed by atoms with E-state index in [1.165, 1.54) is 0 Å². The second-order valence-electron chi connectivity index (χ2n) is 5.80. The number of amides is 1. The Balaban J connectivity index is 1.73. The van der Waals surface area contributed by atoms with Crippen LogP contribution >= 0.6 is 0 Å². The van der Waals surface area contributed by atoms with Gasteiger partial charge in [-0.1, -0.05) is 5.16 Å². The van der Waals surface area contributed by atoms with E-state index >= 15 is 0 Å². The molecule has 0 N–H and O–H groups in total. The zero-order valence-electron chi connectivity index (χ0n) is 13.4. The maximum atomic E-state index is 12.8. The van der Waals surface area contributed by atoms with Crippen LogP contribution in [-0.2, 0) is 11.2 Å². The third-order valence-corrected chi connectivity index (χ3v) is 4.01. The van der Waals surface area contributed by atoms with Gasteiger partial charge in [0.25, 0.3) is 5.91 Å². The Morgan fingerprint density at radius 3 is 3.00 bits per heavy atom. The molecular formula is C16H20N4O3. The number of ether oxygens (including phenoxy) is 1. The fourth-order valence-electron chi connectivity index (χ4n) is 2.87. The minimum Gasteiger partial charge on any atom is -0.379 e. The van der Waals surface area contributed by atoms with Crippen molar-refractivity contribution < 1.29 is 14.1 Å². The smallest absolute Gasteiger partial charge is 0.259 e. The summed E-state index contributed by atoms with van der Waals surface area (Å²) in [5.41, 5.74) is 2.15. The number of carbonyl (C=O) groups excluding carboxylic acids is 1. The Morgan fingerprint density at radius 2 is 2.30 bits per heavy atom. The number of nitrogens with zero attached hydrogens (tertiary/aromatic N) is 4. The average molecular weight is 316 g/mol. The van der Waals surface area contributed by atoms with Crippen molar-refractivity contribution in [3.63, 3.8) is 0 Å². The SMILES string of the molecule is Cc1noc(C)c1C(=O)N1CCOCC(Cc2ccncn2)C1. The first-order valence-electron chi connectivity index (χ1n) is 7.70. The Hall–Kier alpha value is -2.28. The van der Waals surface area contributed by atoms with Gasteiger partial charge in [-0.25, -0.2) is 9.97 Å². The second kappa shape index (κ2) is 6.87. The van der Waals surface area contributed by atoms with E-state index in [-0.39, 0.29) is 11.8 Å². The van der Waals surface area contributed by atoms with Crippen LogP contribution in [0.15, 0.2) is 23.1 Å².